The van der Waals surface area contributed by atoms with Gasteiger partial charge in [-0.05, 0) is 43.0 Å². The van der Waals surface area contributed by atoms with Gasteiger partial charge in [-0.25, -0.2) is 0 Å². The topological polar surface area (TPSA) is 38.9 Å². The highest BCUT2D eigenvalue weighted by Crippen LogP contribution is 2.40. The minimum atomic E-state index is 0.00502. The molecule has 1 aliphatic rings. The zero-order chi connectivity index (χ0) is 13.4. The lowest BCUT2D eigenvalue weighted by Gasteiger charge is -2.21. The van der Waals surface area contributed by atoms with E-state index in [0.717, 1.165) is 17.3 Å². The average Bonchev–Trinajstić information content (AvgIpc) is 2.84. The Balaban J connectivity index is 1.97. The van der Waals surface area contributed by atoms with E-state index in [1.165, 1.54) is 22.4 Å². The van der Waals surface area contributed by atoms with Gasteiger partial charge in [-0.15, -0.1) is 0 Å². The zero-order valence-electron chi connectivity index (χ0n) is 10.9. The molecule has 19 heavy (non-hydrogen) atoms. The second-order valence-electron chi connectivity index (χ2n) is 5.24. The number of pyridine rings is 1. The van der Waals surface area contributed by atoms with Crippen LogP contribution in [0.3, 0.4) is 0 Å². The molecule has 2 aromatic rings. The van der Waals surface area contributed by atoms with Crippen molar-refractivity contribution in [2.45, 2.75) is 31.7 Å². The van der Waals surface area contributed by atoms with Crippen molar-refractivity contribution in [2.75, 3.05) is 0 Å². The van der Waals surface area contributed by atoms with Crippen LogP contribution in [0.15, 0.2) is 41.0 Å². The number of benzene rings is 1. The SMILES string of the molecule is Cc1ccc(Br)c(C(N)C2CCc3cccnc32)c1. The molecule has 1 aromatic heterocycles. The van der Waals surface area contributed by atoms with E-state index in [1.807, 2.05) is 12.3 Å². The quantitative estimate of drug-likeness (QED) is 0.913. The van der Waals surface area contributed by atoms with Gasteiger partial charge < -0.3 is 5.73 Å². The molecular formula is C16H17BrN2. The third-order valence-corrected chi connectivity index (χ3v) is 4.67. The lowest BCUT2D eigenvalue weighted by atomic mass is 9.91. The standard InChI is InChI=1S/C16H17BrN2/c1-10-4-7-14(17)13(9-10)15(18)12-6-5-11-3-2-8-19-16(11)12/h2-4,7-9,12,15H,5-6,18H2,1H3. The van der Waals surface area contributed by atoms with Crippen LogP contribution < -0.4 is 5.73 Å². The molecular weight excluding hydrogens is 300 g/mol. The summed E-state index contributed by atoms with van der Waals surface area (Å²) in [6.07, 6.45) is 4.05. The van der Waals surface area contributed by atoms with Crippen LogP contribution in [-0.2, 0) is 6.42 Å². The van der Waals surface area contributed by atoms with E-state index >= 15 is 0 Å². The molecule has 0 saturated carbocycles. The Hall–Kier alpha value is -1.19. The molecule has 1 aliphatic carbocycles. The molecule has 2 nitrogen and oxygen atoms in total. The maximum Gasteiger partial charge on any atom is 0.0485 e. The number of rotatable bonds is 2. The predicted molar refractivity (Wildman–Crippen MR) is 81.1 cm³/mol. The third-order valence-electron chi connectivity index (χ3n) is 3.95. The van der Waals surface area contributed by atoms with Crippen molar-refractivity contribution in [3.8, 4) is 0 Å². The molecule has 0 bridgehead atoms. The summed E-state index contributed by atoms with van der Waals surface area (Å²) >= 11 is 3.62. The Kier molecular flexibility index (Phi) is 3.42. The second kappa shape index (κ2) is 5.06. The van der Waals surface area contributed by atoms with Crippen LogP contribution in [-0.4, -0.2) is 4.98 Å². The lowest BCUT2D eigenvalue weighted by molar-refractivity contribution is 0.539. The van der Waals surface area contributed by atoms with E-state index in [1.54, 1.807) is 0 Å². The molecule has 98 valence electrons. The fourth-order valence-electron chi connectivity index (χ4n) is 2.93. The van der Waals surface area contributed by atoms with Crippen molar-refractivity contribution < 1.29 is 0 Å². The first kappa shape index (κ1) is 12.8. The Morgan fingerprint density at radius 1 is 1.37 bits per heavy atom. The van der Waals surface area contributed by atoms with Crippen LogP contribution in [0.25, 0.3) is 0 Å². The number of aryl methyl sites for hydroxylation is 2. The summed E-state index contributed by atoms with van der Waals surface area (Å²) < 4.78 is 1.09. The highest BCUT2D eigenvalue weighted by atomic mass is 79.9. The Morgan fingerprint density at radius 2 is 2.21 bits per heavy atom. The van der Waals surface area contributed by atoms with Gasteiger partial charge in [0, 0.05) is 28.3 Å². The molecule has 0 radical (unpaired) electrons. The number of hydrogen-bond donors (Lipinski definition) is 1. The van der Waals surface area contributed by atoms with Gasteiger partial charge in [0.25, 0.3) is 0 Å². The lowest BCUT2D eigenvalue weighted by Crippen LogP contribution is -2.19. The van der Waals surface area contributed by atoms with Crippen molar-refractivity contribution >= 4 is 15.9 Å². The van der Waals surface area contributed by atoms with Gasteiger partial charge in [-0.3, -0.25) is 4.98 Å². The first-order valence-electron chi connectivity index (χ1n) is 6.62. The van der Waals surface area contributed by atoms with E-state index in [9.17, 15) is 0 Å². The summed E-state index contributed by atoms with van der Waals surface area (Å²) in [6, 6.07) is 10.5. The normalized spacial score (nSPS) is 19.2. The number of aromatic nitrogens is 1. The maximum absolute atomic E-state index is 6.51. The van der Waals surface area contributed by atoms with E-state index in [0.29, 0.717) is 5.92 Å². The zero-order valence-corrected chi connectivity index (χ0v) is 12.5. The maximum atomic E-state index is 6.51. The van der Waals surface area contributed by atoms with Gasteiger partial charge in [0.2, 0.25) is 0 Å². The largest absolute Gasteiger partial charge is 0.323 e. The minimum Gasteiger partial charge on any atom is -0.323 e. The van der Waals surface area contributed by atoms with Gasteiger partial charge in [0.05, 0.1) is 0 Å². The Morgan fingerprint density at radius 3 is 3.05 bits per heavy atom. The van der Waals surface area contributed by atoms with Crippen LogP contribution in [0.1, 0.15) is 40.8 Å². The van der Waals surface area contributed by atoms with Crippen LogP contribution in [0.5, 0.6) is 0 Å². The van der Waals surface area contributed by atoms with Crippen molar-refractivity contribution in [3.63, 3.8) is 0 Å². The summed E-state index contributed by atoms with van der Waals surface area (Å²) in [6.45, 7) is 2.10. The van der Waals surface area contributed by atoms with Crippen molar-refractivity contribution in [1.29, 1.82) is 0 Å². The second-order valence-corrected chi connectivity index (χ2v) is 6.10. The number of fused-ring (bicyclic) bond motifs is 1. The van der Waals surface area contributed by atoms with Crippen molar-refractivity contribution in [2.24, 2.45) is 5.73 Å². The highest BCUT2D eigenvalue weighted by molar-refractivity contribution is 9.10. The number of nitrogens with two attached hydrogens (primary N) is 1. The third kappa shape index (κ3) is 2.33. The summed E-state index contributed by atoms with van der Waals surface area (Å²) in [4.78, 5) is 4.54. The van der Waals surface area contributed by atoms with Crippen LogP contribution in [0.4, 0.5) is 0 Å². The molecule has 0 spiro atoms. The van der Waals surface area contributed by atoms with E-state index < -0.39 is 0 Å². The summed E-state index contributed by atoms with van der Waals surface area (Å²) in [5.74, 6) is 0.328. The van der Waals surface area contributed by atoms with Gasteiger partial charge in [-0.1, -0.05) is 39.7 Å². The van der Waals surface area contributed by atoms with Crippen LogP contribution in [0, 0.1) is 6.92 Å². The summed E-state index contributed by atoms with van der Waals surface area (Å²) in [5, 5.41) is 0. The van der Waals surface area contributed by atoms with E-state index in [2.05, 4.69) is 52.1 Å². The van der Waals surface area contributed by atoms with Gasteiger partial charge in [-0.2, -0.15) is 0 Å². The fraction of sp³-hybridized carbons (Fsp3) is 0.312. The first-order chi connectivity index (χ1) is 9.16. The summed E-state index contributed by atoms with van der Waals surface area (Å²) in [7, 11) is 0. The monoisotopic (exact) mass is 316 g/mol. The van der Waals surface area contributed by atoms with E-state index in [-0.39, 0.29) is 6.04 Å². The highest BCUT2D eigenvalue weighted by Gasteiger charge is 2.30. The smallest absolute Gasteiger partial charge is 0.0485 e. The Labute approximate surface area is 122 Å². The van der Waals surface area contributed by atoms with Crippen LogP contribution >= 0.6 is 15.9 Å². The molecule has 0 saturated heterocycles. The Bertz CT molecular complexity index is 609. The van der Waals surface area contributed by atoms with Crippen LogP contribution in [0.2, 0.25) is 0 Å². The molecule has 2 atom stereocenters. The predicted octanol–water partition coefficient (Wildman–Crippen LogP) is 3.88. The van der Waals surface area contributed by atoms with Crippen molar-refractivity contribution in [3.05, 3.63) is 63.4 Å². The first-order valence-corrected chi connectivity index (χ1v) is 7.41. The molecule has 3 heteroatoms. The van der Waals surface area contributed by atoms with Gasteiger partial charge in [0.1, 0.15) is 0 Å². The summed E-state index contributed by atoms with van der Waals surface area (Å²) in [5.41, 5.74) is 11.5. The molecule has 3 rings (SSSR count). The molecule has 1 heterocycles. The molecule has 2 unspecified atom stereocenters. The fourth-order valence-corrected chi connectivity index (χ4v) is 3.44. The molecule has 0 fully saturated rings. The molecule has 0 amide bonds. The number of nitrogens with zero attached hydrogens (tertiary/aromatic N) is 1. The molecule has 1 aromatic carbocycles. The minimum absolute atomic E-state index is 0.00502. The average molecular weight is 317 g/mol. The molecule has 0 aliphatic heterocycles. The molecule has 2 N–H and O–H groups in total. The number of hydrogen-bond acceptors (Lipinski definition) is 2. The number of halogens is 1. The van der Waals surface area contributed by atoms with Crippen molar-refractivity contribution in [1.82, 2.24) is 4.98 Å². The van der Waals surface area contributed by atoms with Gasteiger partial charge in [0.15, 0.2) is 0 Å². The van der Waals surface area contributed by atoms with E-state index in [4.69, 9.17) is 5.73 Å². The van der Waals surface area contributed by atoms with Gasteiger partial charge >= 0.3 is 0 Å².